The summed E-state index contributed by atoms with van der Waals surface area (Å²) in [4.78, 5) is 0. The predicted molar refractivity (Wildman–Crippen MR) is 63.4 cm³/mol. The SMILES string of the molecule is C#CCCC(N)C1(OC)CCC(C)CC1. The first-order chi connectivity index (χ1) is 7.14. The van der Waals surface area contributed by atoms with Crippen LogP contribution in [0, 0.1) is 18.3 Å². The quantitative estimate of drug-likeness (QED) is 0.721. The number of ether oxygens (including phenoxy) is 1. The van der Waals surface area contributed by atoms with Crippen molar-refractivity contribution in [1.82, 2.24) is 0 Å². The third kappa shape index (κ3) is 2.96. The third-order valence-corrected chi connectivity index (χ3v) is 3.80. The normalized spacial score (nSPS) is 33.3. The summed E-state index contributed by atoms with van der Waals surface area (Å²) in [7, 11) is 1.78. The van der Waals surface area contributed by atoms with Crippen molar-refractivity contribution in [3.05, 3.63) is 0 Å². The molecule has 0 saturated heterocycles. The summed E-state index contributed by atoms with van der Waals surface area (Å²) in [6.07, 6.45) is 11.5. The Morgan fingerprint density at radius 2 is 2.13 bits per heavy atom. The van der Waals surface area contributed by atoms with Crippen LogP contribution in [0.3, 0.4) is 0 Å². The van der Waals surface area contributed by atoms with Crippen molar-refractivity contribution < 1.29 is 4.74 Å². The maximum absolute atomic E-state index is 6.20. The predicted octanol–water partition coefficient (Wildman–Crippen LogP) is 2.32. The van der Waals surface area contributed by atoms with Gasteiger partial charge in [-0.3, -0.25) is 0 Å². The Kier molecular flexibility index (Phi) is 4.63. The Morgan fingerprint density at radius 1 is 1.53 bits per heavy atom. The molecule has 1 aliphatic carbocycles. The Bertz CT molecular complexity index is 223. The minimum absolute atomic E-state index is 0.0889. The molecule has 2 nitrogen and oxygen atoms in total. The Morgan fingerprint density at radius 3 is 2.60 bits per heavy atom. The minimum atomic E-state index is -0.108. The fourth-order valence-electron chi connectivity index (χ4n) is 2.48. The Balaban J connectivity index is 2.56. The van der Waals surface area contributed by atoms with Gasteiger partial charge in [-0.1, -0.05) is 6.92 Å². The first kappa shape index (κ1) is 12.5. The number of nitrogens with two attached hydrogens (primary N) is 1. The smallest absolute Gasteiger partial charge is 0.0829 e. The molecule has 1 saturated carbocycles. The molecule has 0 amide bonds. The highest BCUT2D eigenvalue weighted by molar-refractivity contribution is 4.97. The van der Waals surface area contributed by atoms with Gasteiger partial charge in [0.05, 0.1) is 5.60 Å². The van der Waals surface area contributed by atoms with Crippen LogP contribution in [-0.4, -0.2) is 18.8 Å². The molecule has 0 spiro atoms. The van der Waals surface area contributed by atoms with Gasteiger partial charge in [0.1, 0.15) is 0 Å². The summed E-state index contributed by atoms with van der Waals surface area (Å²) in [6.45, 7) is 2.30. The molecule has 0 bridgehead atoms. The van der Waals surface area contributed by atoms with Crippen molar-refractivity contribution in [2.75, 3.05) is 7.11 Å². The molecule has 0 aromatic rings. The van der Waals surface area contributed by atoms with Crippen LogP contribution in [0.4, 0.5) is 0 Å². The fraction of sp³-hybridized carbons (Fsp3) is 0.846. The van der Waals surface area contributed by atoms with Gasteiger partial charge in [0.15, 0.2) is 0 Å². The maximum atomic E-state index is 6.20. The van der Waals surface area contributed by atoms with Crippen LogP contribution in [0.1, 0.15) is 45.4 Å². The highest BCUT2D eigenvalue weighted by Gasteiger charge is 2.39. The summed E-state index contributed by atoms with van der Waals surface area (Å²) < 4.78 is 5.69. The number of hydrogen-bond acceptors (Lipinski definition) is 2. The van der Waals surface area contributed by atoms with Gasteiger partial charge in [0, 0.05) is 19.6 Å². The second kappa shape index (κ2) is 5.53. The third-order valence-electron chi connectivity index (χ3n) is 3.80. The highest BCUT2D eigenvalue weighted by Crippen LogP contribution is 2.37. The van der Waals surface area contributed by atoms with E-state index in [1.165, 1.54) is 12.8 Å². The molecule has 1 fully saturated rings. The van der Waals surface area contributed by atoms with Gasteiger partial charge < -0.3 is 10.5 Å². The highest BCUT2D eigenvalue weighted by atomic mass is 16.5. The fourth-order valence-corrected chi connectivity index (χ4v) is 2.48. The van der Waals surface area contributed by atoms with E-state index in [9.17, 15) is 0 Å². The van der Waals surface area contributed by atoms with Crippen molar-refractivity contribution in [1.29, 1.82) is 0 Å². The van der Waals surface area contributed by atoms with Crippen LogP contribution < -0.4 is 5.73 Å². The molecule has 0 aromatic heterocycles. The van der Waals surface area contributed by atoms with Gasteiger partial charge in [0.2, 0.25) is 0 Å². The summed E-state index contributed by atoms with van der Waals surface area (Å²) in [5, 5.41) is 0. The molecule has 1 unspecified atom stereocenters. The molecule has 2 N–H and O–H groups in total. The summed E-state index contributed by atoms with van der Waals surface area (Å²) in [5.74, 6) is 3.47. The molecule has 1 rings (SSSR count). The number of hydrogen-bond donors (Lipinski definition) is 1. The van der Waals surface area contributed by atoms with Crippen molar-refractivity contribution in [3.8, 4) is 12.3 Å². The van der Waals surface area contributed by atoms with Crippen LogP contribution in [0.15, 0.2) is 0 Å². The second-order valence-electron chi connectivity index (χ2n) is 4.80. The van der Waals surface area contributed by atoms with E-state index in [0.717, 1.165) is 31.6 Å². The zero-order valence-corrected chi connectivity index (χ0v) is 9.96. The first-order valence-corrected chi connectivity index (χ1v) is 5.89. The minimum Gasteiger partial charge on any atom is -0.377 e. The number of methoxy groups -OCH3 is 1. The topological polar surface area (TPSA) is 35.2 Å². The zero-order chi connectivity index (χ0) is 11.3. The van der Waals surface area contributed by atoms with Crippen molar-refractivity contribution in [2.45, 2.75) is 57.1 Å². The average Bonchev–Trinajstić information content (AvgIpc) is 2.27. The average molecular weight is 209 g/mol. The first-order valence-electron chi connectivity index (χ1n) is 5.89. The molecule has 15 heavy (non-hydrogen) atoms. The van der Waals surface area contributed by atoms with Crippen LogP contribution in [-0.2, 0) is 4.74 Å². The van der Waals surface area contributed by atoms with E-state index < -0.39 is 0 Å². The van der Waals surface area contributed by atoms with Crippen LogP contribution in [0.5, 0.6) is 0 Å². The standard InChI is InChI=1S/C13H23NO/c1-4-5-6-12(14)13(15-3)9-7-11(2)8-10-13/h1,11-12H,5-10,14H2,2-3H3. The molecular formula is C13H23NO. The monoisotopic (exact) mass is 209 g/mol. The lowest BCUT2D eigenvalue weighted by Gasteiger charge is -2.42. The van der Waals surface area contributed by atoms with Crippen LogP contribution in [0.2, 0.25) is 0 Å². The molecular weight excluding hydrogens is 186 g/mol. The van der Waals surface area contributed by atoms with Crippen LogP contribution in [0.25, 0.3) is 0 Å². The van der Waals surface area contributed by atoms with E-state index in [4.69, 9.17) is 16.9 Å². The van der Waals surface area contributed by atoms with Gasteiger partial charge in [-0.25, -0.2) is 0 Å². The summed E-state index contributed by atoms with van der Waals surface area (Å²) in [5.41, 5.74) is 6.10. The van der Waals surface area contributed by atoms with Crippen molar-refractivity contribution in [2.24, 2.45) is 11.7 Å². The lowest BCUT2D eigenvalue weighted by molar-refractivity contribution is -0.0673. The Labute approximate surface area is 93.6 Å². The largest absolute Gasteiger partial charge is 0.377 e. The maximum Gasteiger partial charge on any atom is 0.0829 e. The molecule has 86 valence electrons. The van der Waals surface area contributed by atoms with Gasteiger partial charge >= 0.3 is 0 Å². The van der Waals surface area contributed by atoms with E-state index in [0.29, 0.717) is 0 Å². The number of rotatable bonds is 4. The van der Waals surface area contributed by atoms with E-state index in [1.807, 2.05) is 0 Å². The van der Waals surface area contributed by atoms with Gasteiger partial charge in [-0.05, 0) is 38.0 Å². The lowest BCUT2D eigenvalue weighted by Crippen LogP contribution is -2.51. The summed E-state index contributed by atoms with van der Waals surface area (Å²) >= 11 is 0. The van der Waals surface area contributed by atoms with E-state index in [2.05, 4.69) is 12.8 Å². The molecule has 2 heteroatoms. The zero-order valence-electron chi connectivity index (χ0n) is 9.96. The van der Waals surface area contributed by atoms with Crippen LogP contribution >= 0.6 is 0 Å². The molecule has 0 aliphatic heterocycles. The second-order valence-corrected chi connectivity index (χ2v) is 4.80. The van der Waals surface area contributed by atoms with E-state index in [-0.39, 0.29) is 11.6 Å². The van der Waals surface area contributed by atoms with Gasteiger partial charge in [0.25, 0.3) is 0 Å². The van der Waals surface area contributed by atoms with Crippen molar-refractivity contribution in [3.63, 3.8) is 0 Å². The lowest BCUT2D eigenvalue weighted by atomic mass is 9.74. The molecule has 0 heterocycles. The van der Waals surface area contributed by atoms with E-state index in [1.54, 1.807) is 7.11 Å². The van der Waals surface area contributed by atoms with Gasteiger partial charge in [-0.2, -0.15) is 0 Å². The van der Waals surface area contributed by atoms with Crippen molar-refractivity contribution >= 4 is 0 Å². The molecule has 0 aromatic carbocycles. The number of terminal acetylenes is 1. The summed E-state index contributed by atoms with van der Waals surface area (Å²) in [6, 6.07) is 0.0889. The Hall–Kier alpha value is -0.520. The molecule has 1 aliphatic rings. The molecule has 1 atom stereocenters. The van der Waals surface area contributed by atoms with E-state index >= 15 is 0 Å². The molecule has 0 radical (unpaired) electrons. The van der Waals surface area contributed by atoms with Gasteiger partial charge in [-0.15, -0.1) is 12.3 Å².